The van der Waals surface area contributed by atoms with Gasteiger partial charge >= 0.3 is 5.97 Å². The van der Waals surface area contributed by atoms with Gasteiger partial charge in [-0.2, -0.15) is 0 Å². The van der Waals surface area contributed by atoms with Gasteiger partial charge in [-0.3, -0.25) is 4.98 Å². The number of benzene rings is 1. The van der Waals surface area contributed by atoms with Crippen LogP contribution in [0.15, 0.2) is 41.0 Å². The second kappa shape index (κ2) is 6.72. The van der Waals surface area contributed by atoms with Crippen molar-refractivity contribution in [2.45, 2.75) is 6.54 Å². The molecule has 6 heteroatoms. The van der Waals surface area contributed by atoms with E-state index in [1.165, 1.54) is 7.11 Å². The van der Waals surface area contributed by atoms with Crippen molar-refractivity contribution in [1.82, 2.24) is 4.98 Å². The lowest BCUT2D eigenvalue weighted by molar-refractivity contribution is 0.0601. The average Bonchev–Trinajstić information content (AvgIpc) is 2.47. The van der Waals surface area contributed by atoms with E-state index in [-0.39, 0.29) is 0 Å². The Labute approximate surface area is 130 Å². The van der Waals surface area contributed by atoms with Crippen LogP contribution >= 0.6 is 27.5 Å². The summed E-state index contributed by atoms with van der Waals surface area (Å²) in [4.78, 5) is 15.7. The number of carbonyl (C=O) groups is 1. The highest BCUT2D eigenvalue weighted by atomic mass is 79.9. The van der Waals surface area contributed by atoms with Crippen molar-refractivity contribution in [3.05, 3.63) is 57.3 Å². The first kappa shape index (κ1) is 14.8. The van der Waals surface area contributed by atoms with Crippen molar-refractivity contribution < 1.29 is 9.53 Å². The van der Waals surface area contributed by atoms with E-state index in [0.717, 1.165) is 10.2 Å². The molecular formula is C14H12BrClN2O2. The van der Waals surface area contributed by atoms with Crippen molar-refractivity contribution in [2.24, 2.45) is 0 Å². The Morgan fingerprint density at radius 1 is 1.40 bits per heavy atom. The first-order valence-corrected chi connectivity index (χ1v) is 6.99. The van der Waals surface area contributed by atoms with E-state index in [1.807, 2.05) is 12.1 Å². The van der Waals surface area contributed by atoms with Crippen LogP contribution in [0.25, 0.3) is 0 Å². The predicted octanol–water partition coefficient (Wildman–Crippen LogP) is 3.90. The molecule has 0 aliphatic carbocycles. The monoisotopic (exact) mass is 354 g/mol. The largest absolute Gasteiger partial charge is 0.465 e. The minimum Gasteiger partial charge on any atom is -0.465 e. The lowest BCUT2D eigenvalue weighted by Gasteiger charge is -2.09. The molecule has 0 amide bonds. The van der Waals surface area contributed by atoms with Gasteiger partial charge in [-0.1, -0.05) is 11.6 Å². The number of anilines is 1. The van der Waals surface area contributed by atoms with Crippen LogP contribution in [0, 0.1) is 0 Å². The van der Waals surface area contributed by atoms with Gasteiger partial charge < -0.3 is 10.1 Å². The Hall–Kier alpha value is -1.59. The Kier molecular flexibility index (Phi) is 4.98. The fraction of sp³-hybridized carbons (Fsp3) is 0.143. The van der Waals surface area contributed by atoms with Crippen molar-refractivity contribution in [3.63, 3.8) is 0 Å². The fourth-order valence-electron chi connectivity index (χ4n) is 1.60. The van der Waals surface area contributed by atoms with E-state index in [2.05, 4.69) is 31.0 Å². The Morgan fingerprint density at radius 2 is 2.20 bits per heavy atom. The highest BCUT2D eigenvalue weighted by molar-refractivity contribution is 9.10. The van der Waals surface area contributed by atoms with Crippen LogP contribution in [0.5, 0.6) is 0 Å². The molecule has 0 spiro atoms. The van der Waals surface area contributed by atoms with Gasteiger partial charge in [-0.05, 0) is 46.3 Å². The summed E-state index contributed by atoms with van der Waals surface area (Å²) >= 11 is 9.42. The summed E-state index contributed by atoms with van der Waals surface area (Å²) in [6.07, 6.45) is 1.73. The van der Waals surface area contributed by atoms with Crippen molar-refractivity contribution >= 4 is 39.2 Å². The molecule has 0 unspecified atom stereocenters. The van der Waals surface area contributed by atoms with Crippen molar-refractivity contribution in [3.8, 4) is 0 Å². The number of rotatable bonds is 4. The summed E-state index contributed by atoms with van der Waals surface area (Å²) in [6.45, 7) is 0.512. The quantitative estimate of drug-likeness (QED) is 0.845. The number of aromatic nitrogens is 1. The van der Waals surface area contributed by atoms with Gasteiger partial charge in [-0.25, -0.2) is 4.79 Å². The molecule has 0 aliphatic rings. The molecule has 2 rings (SSSR count). The predicted molar refractivity (Wildman–Crippen MR) is 82.1 cm³/mol. The molecule has 1 aromatic carbocycles. The molecule has 1 N–H and O–H groups in total. The molecular weight excluding hydrogens is 344 g/mol. The second-order valence-corrected chi connectivity index (χ2v) is 5.33. The number of nitrogens with zero attached hydrogens (tertiary/aromatic N) is 1. The molecule has 104 valence electrons. The van der Waals surface area contributed by atoms with Gasteiger partial charge in [0.2, 0.25) is 0 Å². The van der Waals surface area contributed by atoms with Crippen LogP contribution in [0.2, 0.25) is 5.02 Å². The van der Waals surface area contributed by atoms with Crippen LogP contribution in [-0.4, -0.2) is 18.1 Å². The normalized spacial score (nSPS) is 10.2. The molecule has 0 saturated carbocycles. The van der Waals surface area contributed by atoms with Gasteiger partial charge in [0, 0.05) is 10.7 Å². The zero-order valence-electron chi connectivity index (χ0n) is 10.7. The Balaban J connectivity index is 2.12. The van der Waals surface area contributed by atoms with Gasteiger partial charge in [0.05, 0.1) is 35.6 Å². The summed E-state index contributed by atoms with van der Waals surface area (Å²) in [6, 6.07) is 8.75. The summed E-state index contributed by atoms with van der Waals surface area (Å²) in [5, 5.41) is 3.69. The number of halogens is 2. The number of esters is 1. The third kappa shape index (κ3) is 3.71. The third-order valence-electron chi connectivity index (χ3n) is 2.64. The zero-order valence-corrected chi connectivity index (χ0v) is 13.0. The van der Waals surface area contributed by atoms with E-state index in [0.29, 0.717) is 22.8 Å². The second-order valence-electron chi connectivity index (χ2n) is 4.01. The summed E-state index contributed by atoms with van der Waals surface area (Å²) in [5.74, 6) is -0.397. The lowest BCUT2D eigenvalue weighted by atomic mass is 10.2. The molecule has 4 nitrogen and oxygen atoms in total. The maximum absolute atomic E-state index is 11.5. The minimum absolute atomic E-state index is 0.397. The summed E-state index contributed by atoms with van der Waals surface area (Å²) < 4.78 is 5.60. The summed E-state index contributed by atoms with van der Waals surface area (Å²) in [5.41, 5.74) is 1.98. The first-order valence-electron chi connectivity index (χ1n) is 5.82. The van der Waals surface area contributed by atoms with Crippen molar-refractivity contribution in [1.29, 1.82) is 0 Å². The van der Waals surface area contributed by atoms with Gasteiger partial charge in [0.25, 0.3) is 0 Å². The molecule has 1 aromatic heterocycles. The lowest BCUT2D eigenvalue weighted by Crippen LogP contribution is -2.05. The minimum atomic E-state index is -0.397. The van der Waals surface area contributed by atoms with Gasteiger partial charge in [0.15, 0.2) is 0 Å². The number of nitrogens with one attached hydrogen (secondary N) is 1. The summed E-state index contributed by atoms with van der Waals surface area (Å²) in [7, 11) is 1.34. The number of pyridine rings is 1. The van der Waals surface area contributed by atoms with E-state index < -0.39 is 5.97 Å². The van der Waals surface area contributed by atoms with E-state index >= 15 is 0 Å². The van der Waals surface area contributed by atoms with E-state index in [9.17, 15) is 4.79 Å². The smallest absolute Gasteiger partial charge is 0.337 e. The number of carbonyl (C=O) groups excluding carboxylic acids is 1. The number of methoxy groups -OCH3 is 1. The molecule has 1 heterocycles. The van der Waals surface area contributed by atoms with E-state index in [1.54, 1.807) is 24.4 Å². The van der Waals surface area contributed by atoms with E-state index in [4.69, 9.17) is 11.6 Å². The number of hydrogen-bond donors (Lipinski definition) is 1. The number of hydrogen-bond acceptors (Lipinski definition) is 4. The molecule has 0 saturated heterocycles. The van der Waals surface area contributed by atoms with Crippen LogP contribution in [-0.2, 0) is 11.3 Å². The van der Waals surface area contributed by atoms with Crippen LogP contribution in [0.3, 0.4) is 0 Å². The Morgan fingerprint density at radius 3 is 2.85 bits per heavy atom. The average molecular weight is 356 g/mol. The molecule has 0 aliphatic heterocycles. The molecule has 0 radical (unpaired) electrons. The first-order chi connectivity index (χ1) is 9.60. The molecule has 0 bridgehead atoms. The zero-order chi connectivity index (χ0) is 14.5. The SMILES string of the molecule is COC(=O)c1ccc(Cl)c(NCc2ccc(Br)cn2)c1. The van der Waals surface area contributed by atoms with Gasteiger partial charge in [-0.15, -0.1) is 0 Å². The standard InChI is InChI=1S/C14H12BrClN2O2/c1-20-14(19)9-2-5-12(16)13(6-9)18-8-11-4-3-10(15)7-17-11/h2-7,18H,8H2,1H3. The van der Waals surface area contributed by atoms with Crippen LogP contribution < -0.4 is 5.32 Å². The van der Waals surface area contributed by atoms with Crippen LogP contribution in [0.4, 0.5) is 5.69 Å². The molecule has 0 fully saturated rings. The van der Waals surface area contributed by atoms with Gasteiger partial charge in [0.1, 0.15) is 0 Å². The molecule has 2 aromatic rings. The molecule has 20 heavy (non-hydrogen) atoms. The highest BCUT2D eigenvalue weighted by Crippen LogP contribution is 2.24. The third-order valence-corrected chi connectivity index (χ3v) is 3.43. The maximum Gasteiger partial charge on any atom is 0.337 e. The van der Waals surface area contributed by atoms with Crippen LogP contribution in [0.1, 0.15) is 16.1 Å². The topological polar surface area (TPSA) is 51.2 Å². The maximum atomic E-state index is 11.5. The number of ether oxygens (including phenoxy) is 1. The Bertz CT molecular complexity index is 617. The highest BCUT2D eigenvalue weighted by Gasteiger charge is 2.08. The molecule has 0 atom stereocenters. The van der Waals surface area contributed by atoms with Crippen molar-refractivity contribution in [2.75, 3.05) is 12.4 Å². The fourth-order valence-corrected chi connectivity index (χ4v) is 2.02.